The highest BCUT2D eigenvalue weighted by molar-refractivity contribution is 5.97. The van der Waals surface area contributed by atoms with Crippen molar-refractivity contribution >= 4 is 17.3 Å². The molecule has 3 aromatic heterocycles. The Bertz CT molecular complexity index is 1380. The van der Waals surface area contributed by atoms with Gasteiger partial charge in [0.1, 0.15) is 12.1 Å². The molecule has 180 valence electrons. The van der Waals surface area contributed by atoms with Gasteiger partial charge in [-0.15, -0.1) is 0 Å². The van der Waals surface area contributed by atoms with Crippen molar-refractivity contribution in [1.82, 2.24) is 24.7 Å². The van der Waals surface area contributed by atoms with Gasteiger partial charge in [-0.1, -0.05) is 19.1 Å². The van der Waals surface area contributed by atoms with Gasteiger partial charge in [-0.25, -0.2) is 9.97 Å². The van der Waals surface area contributed by atoms with Crippen LogP contribution in [0.1, 0.15) is 45.5 Å². The highest BCUT2D eigenvalue weighted by Gasteiger charge is 2.30. The van der Waals surface area contributed by atoms with E-state index in [1.54, 1.807) is 16.9 Å². The van der Waals surface area contributed by atoms with Crippen LogP contribution in [0.2, 0.25) is 0 Å². The van der Waals surface area contributed by atoms with Gasteiger partial charge >= 0.3 is 6.18 Å². The second-order valence-electron chi connectivity index (χ2n) is 8.08. The van der Waals surface area contributed by atoms with E-state index < -0.39 is 17.5 Å². The molecule has 0 aliphatic carbocycles. The molecule has 7 nitrogen and oxygen atoms in total. The minimum atomic E-state index is -4.51. The summed E-state index contributed by atoms with van der Waals surface area (Å²) in [6.45, 7) is 5.67. The summed E-state index contributed by atoms with van der Waals surface area (Å²) in [7, 11) is 0. The number of halogens is 3. The number of ketones is 1. The molecule has 4 rings (SSSR count). The van der Waals surface area contributed by atoms with Gasteiger partial charge in [0.05, 0.1) is 22.6 Å². The Morgan fingerprint density at radius 2 is 1.86 bits per heavy atom. The summed E-state index contributed by atoms with van der Waals surface area (Å²) in [5, 5.41) is 7.82. The van der Waals surface area contributed by atoms with E-state index in [1.807, 2.05) is 32.9 Å². The molecule has 35 heavy (non-hydrogen) atoms. The molecular formula is C25H23F3N6O. The maximum atomic E-state index is 13.0. The fourth-order valence-electron chi connectivity index (χ4n) is 3.55. The molecule has 3 heterocycles. The average Bonchev–Trinajstić information content (AvgIpc) is 3.20. The molecule has 1 N–H and O–H groups in total. The summed E-state index contributed by atoms with van der Waals surface area (Å²) >= 11 is 0. The Balaban J connectivity index is 1.59. The zero-order valence-corrected chi connectivity index (χ0v) is 19.4. The van der Waals surface area contributed by atoms with Crippen LogP contribution in [-0.4, -0.2) is 30.5 Å². The van der Waals surface area contributed by atoms with Gasteiger partial charge in [0.2, 0.25) is 0 Å². The lowest BCUT2D eigenvalue weighted by atomic mass is 10.0. The average molecular weight is 480 g/mol. The maximum absolute atomic E-state index is 13.0. The summed E-state index contributed by atoms with van der Waals surface area (Å²) in [5.74, 6) is 0.824. The van der Waals surface area contributed by atoms with Crippen molar-refractivity contribution in [2.75, 3.05) is 5.32 Å². The van der Waals surface area contributed by atoms with Gasteiger partial charge in [-0.3, -0.25) is 9.78 Å². The van der Waals surface area contributed by atoms with Gasteiger partial charge in [0.25, 0.3) is 0 Å². The molecule has 0 amide bonds. The van der Waals surface area contributed by atoms with E-state index >= 15 is 0 Å². The van der Waals surface area contributed by atoms with Crippen molar-refractivity contribution < 1.29 is 18.0 Å². The van der Waals surface area contributed by atoms with Gasteiger partial charge in [-0.2, -0.15) is 23.0 Å². The van der Waals surface area contributed by atoms with Crippen molar-refractivity contribution in [3.05, 3.63) is 88.8 Å². The van der Waals surface area contributed by atoms with Crippen LogP contribution in [0.3, 0.4) is 0 Å². The molecule has 0 bridgehead atoms. The first-order valence-corrected chi connectivity index (χ1v) is 10.9. The number of benzene rings is 1. The Kier molecular flexibility index (Phi) is 6.63. The lowest BCUT2D eigenvalue weighted by Crippen LogP contribution is -2.10. The number of carbonyl (C=O) groups excluding carboxylic acids is 1. The smallest absolute Gasteiger partial charge is 0.339 e. The number of aromatic nitrogens is 5. The number of pyridine rings is 1. The zero-order chi connectivity index (χ0) is 25.2. The molecule has 4 aromatic rings. The van der Waals surface area contributed by atoms with Crippen LogP contribution < -0.4 is 5.32 Å². The second-order valence-corrected chi connectivity index (χ2v) is 8.08. The summed E-state index contributed by atoms with van der Waals surface area (Å²) in [5.41, 5.74) is 2.69. The van der Waals surface area contributed by atoms with Crippen LogP contribution >= 0.6 is 0 Å². The van der Waals surface area contributed by atoms with Crippen LogP contribution in [0.15, 0.2) is 55.0 Å². The lowest BCUT2D eigenvalue weighted by Gasteiger charge is -2.13. The van der Waals surface area contributed by atoms with E-state index in [0.29, 0.717) is 28.6 Å². The number of Topliss-reactive ketones (excluding diaryl/α,β-unsaturated/α-hetero) is 1. The third kappa shape index (κ3) is 5.53. The van der Waals surface area contributed by atoms with Crippen LogP contribution in [0, 0.1) is 13.8 Å². The largest absolute Gasteiger partial charge is 0.416 e. The highest BCUT2D eigenvalue weighted by Crippen LogP contribution is 2.30. The van der Waals surface area contributed by atoms with Crippen molar-refractivity contribution in [2.24, 2.45) is 0 Å². The molecule has 0 aliphatic heterocycles. The Morgan fingerprint density at radius 1 is 1.06 bits per heavy atom. The molecule has 0 unspecified atom stereocenters. The molecule has 10 heteroatoms. The Morgan fingerprint density at radius 3 is 2.60 bits per heavy atom. The van der Waals surface area contributed by atoms with Gasteiger partial charge in [-0.05, 0) is 44.0 Å². The number of hydrogen-bond acceptors (Lipinski definition) is 6. The van der Waals surface area contributed by atoms with Crippen LogP contribution in [0.25, 0.3) is 5.82 Å². The molecule has 1 aromatic carbocycles. The SMILES string of the molecule is CCc1cc(-n2nc(C)cc2Nc2cc(CC(=O)c3cccc(C(F)(F)F)c3)cnc2C)ncn1. The maximum Gasteiger partial charge on any atom is 0.416 e. The predicted octanol–water partition coefficient (Wildman–Crippen LogP) is 5.42. The number of rotatable bonds is 7. The molecular weight excluding hydrogens is 457 g/mol. The van der Waals surface area contributed by atoms with Crippen molar-refractivity contribution in [3.8, 4) is 5.82 Å². The molecule has 0 spiro atoms. The summed E-state index contributed by atoms with van der Waals surface area (Å²) < 4.78 is 40.7. The zero-order valence-electron chi connectivity index (χ0n) is 19.4. The predicted molar refractivity (Wildman–Crippen MR) is 125 cm³/mol. The normalized spacial score (nSPS) is 11.5. The van der Waals surface area contributed by atoms with Gasteiger partial charge in [0, 0.05) is 36.0 Å². The summed E-state index contributed by atoms with van der Waals surface area (Å²) in [6.07, 6.45) is -0.813. The van der Waals surface area contributed by atoms with Gasteiger partial charge < -0.3 is 5.32 Å². The first-order valence-electron chi connectivity index (χ1n) is 10.9. The van der Waals surface area contributed by atoms with E-state index in [-0.39, 0.29) is 12.0 Å². The van der Waals surface area contributed by atoms with E-state index in [2.05, 4.69) is 25.4 Å². The van der Waals surface area contributed by atoms with Crippen LogP contribution in [-0.2, 0) is 19.0 Å². The van der Waals surface area contributed by atoms with Gasteiger partial charge in [0.15, 0.2) is 11.6 Å². The first kappa shape index (κ1) is 24.1. The van der Waals surface area contributed by atoms with Crippen molar-refractivity contribution in [3.63, 3.8) is 0 Å². The number of aryl methyl sites for hydroxylation is 3. The Labute approximate surface area is 200 Å². The topological polar surface area (TPSA) is 85.6 Å². The molecule has 0 saturated heterocycles. The fraction of sp³-hybridized carbons (Fsp3) is 0.240. The number of anilines is 2. The number of carbonyl (C=O) groups is 1. The van der Waals surface area contributed by atoms with E-state index in [0.717, 1.165) is 29.9 Å². The number of nitrogens with one attached hydrogen (secondary N) is 1. The molecule has 0 aliphatic rings. The summed E-state index contributed by atoms with van der Waals surface area (Å²) in [4.78, 5) is 25.6. The Hall–Kier alpha value is -4.08. The quantitative estimate of drug-likeness (QED) is 0.355. The third-order valence-electron chi connectivity index (χ3n) is 5.40. The van der Waals surface area contributed by atoms with Crippen molar-refractivity contribution in [1.29, 1.82) is 0 Å². The number of nitrogens with zero attached hydrogens (tertiary/aromatic N) is 5. The molecule has 0 fully saturated rings. The standard InChI is InChI=1S/C25H23F3N6O/c1-4-20-12-23(31-14-30-20)34-24(8-15(2)33-34)32-21-9-17(13-29-16(21)3)10-22(35)18-6-5-7-19(11-18)25(26,27)28/h5-9,11-14,32H,4,10H2,1-3H3. The van der Waals surface area contributed by atoms with E-state index in [1.165, 1.54) is 18.5 Å². The monoisotopic (exact) mass is 480 g/mol. The summed E-state index contributed by atoms with van der Waals surface area (Å²) in [6, 6.07) is 9.90. The first-order chi connectivity index (χ1) is 16.6. The molecule has 0 atom stereocenters. The minimum Gasteiger partial charge on any atom is -0.339 e. The fourth-order valence-corrected chi connectivity index (χ4v) is 3.55. The van der Waals surface area contributed by atoms with Crippen molar-refractivity contribution in [2.45, 2.75) is 39.8 Å². The van der Waals surface area contributed by atoms with Crippen LogP contribution in [0.4, 0.5) is 24.7 Å². The number of hydrogen-bond donors (Lipinski definition) is 1. The van der Waals surface area contributed by atoms with E-state index in [4.69, 9.17) is 0 Å². The highest BCUT2D eigenvalue weighted by atomic mass is 19.4. The lowest BCUT2D eigenvalue weighted by molar-refractivity contribution is -0.137. The second kappa shape index (κ2) is 9.65. The minimum absolute atomic E-state index is 0.000833. The number of alkyl halides is 3. The molecule has 0 saturated carbocycles. The molecule has 0 radical (unpaired) electrons. The van der Waals surface area contributed by atoms with E-state index in [9.17, 15) is 18.0 Å². The third-order valence-corrected chi connectivity index (χ3v) is 5.40. The van der Waals surface area contributed by atoms with Crippen LogP contribution in [0.5, 0.6) is 0 Å².